The van der Waals surface area contributed by atoms with Gasteiger partial charge in [0.1, 0.15) is 5.69 Å². The average molecular weight is 306 g/mol. The van der Waals surface area contributed by atoms with Crippen LogP contribution in [-0.2, 0) is 0 Å². The maximum atomic E-state index is 10.7. The molecule has 0 atom stereocenters. The van der Waals surface area contributed by atoms with Crippen molar-refractivity contribution in [3.05, 3.63) is 59.7 Å². The Morgan fingerprint density at radius 2 is 1.61 bits per heavy atom. The molecule has 3 aromatic rings. The standard InChI is InChI=1S/C20H22N2O/c1-13(2)22-20(23)18(16-10-8-14(3)9-11-16)19(21-22)17-7-5-6-15(4)12-17/h5-13,23H,1-4H3. The van der Waals surface area contributed by atoms with E-state index in [2.05, 4.69) is 43.2 Å². The number of aromatic nitrogens is 2. The van der Waals surface area contributed by atoms with Crippen LogP contribution in [0.2, 0.25) is 0 Å². The van der Waals surface area contributed by atoms with Crippen molar-refractivity contribution in [3.63, 3.8) is 0 Å². The van der Waals surface area contributed by atoms with Crippen molar-refractivity contribution in [2.45, 2.75) is 33.7 Å². The van der Waals surface area contributed by atoms with Gasteiger partial charge in [0.05, 0.1) is 11.6 Å². The number of hydrogen-bond donors (Lipinski definition) is 1. The van der Waals surface area contributed by atoms with Gasteiger partial charge in [0.2, 0.25) is 5.88 Å². The fourth-order valence-corrected chi connectivity index (χ4v) is 2.77. The van der Waals surface area contributed by atoms with E-state index in [1.54, 1.807) is 4.68 Å². The molecular weight excluding hydrogens is 284 g/mol. The number of benzene rings is 2. The molecule has 0 unspecified atom stereocenters. The molecule has 3 nitrogen and oxygen atoms in total. The van der Waals surface area contributed by atoms with Gasteiger partial charge in [0.15, 0.2) is 0 Å². The lowest BCUT2D eigenvalue weighted by Crippen LogP contribution is -2.01. The second kappa shape index (κ2) is 5.92. The third-order valence-electron chi connectivity index (χ3n) is 4.01. The van der Waals surface area contributed by atoms with Gasteiger partial charge < -0.3 is 5.11 Å². The number of rotatable bonds is 3. The first-order valence-electron chi connectivity index (χ1n) is 7.93. The lowest BCUT2D eigenvalue weighted by molar-refractivity contribution is 0.379. The first kappa shape index (κ1) is 15.3. The molecule has 1 N–H and O–H groups in total. The molecule has 0 aliphatic heterocycles. The van der Waals surface area contributed by atoms with Crippen LogP contribution in [0.4, 0.5) is 0 Å². The van der Waals surface area contributed by atoms with Gasteiger partial charge in [-0.3, -0.25) is 0 Å². The molecule has 1 aromatic heterocycles. The average Bonchev–Trinajstić information content (AvgIpc) is 2.86. The van der Waals surface area contributed by atoms with Gasteiger partial charge >= 0.3 is 0 Å². The first-order chi connectivity index (χ1) is 11.0. The molecule has 1 heterocycles. The van der Waals surface area contributed by atoms with E-state index in [-0.39, 0.29) is 11.9 Å². The topological polar surface area (TPSA) is 38.0 Å². The summed E-state index contributed by atoms with van der Waals surface area (Å²) in [6, 6.07) is 16.5. The van der Waals surface area contributed by atoms with E-state index in [9.17, 15) is 5.11 Å². The molecule has 0 fully saturated rings. The van der Waals surface area contributed by atoms with E-state index >= 15 is 0 Å². The van der Waals surface area contributed by atoms with Gasteiger partial charge in [-0.05, 0) is 39.3 Å². The molecule has 0 aliphatic rings. The van der Waals surface area contributed by atoms with Crippen molar-refractivity contribution in [1.29, 1.82) is 0 Å². The van der Waals surface area contributed by atoms with E-state index in [4.69, 9.17) is 0 Å². The Hall–Kier alpha value is -2.55. The molecule has 0 aliphatic carbocycles. The Balaban J connectivity index is 2.26. The van der Waals surface area contributed by atoms with Crippen LogP contribution in [-0.4, -0.2) is 14.9 Å². The van der Waals surface area contributed by atoms with Crippen LogP contribution in [0.1, 0.15) is 31.0 Å². The van der Waals surface area contributed by atoms with Crippen LogP contribution in [0.15, 0.2) is 48.5 Å². The van der Waals surface area contributed by atoms with Crippen LogP contribution >= 0.6 is 0 Å². The molecule has 0 radical (unpaired) electrons. The second-order valence-electron chi connectivity index (χ2n) is 6.32. The zero-order valence-corrected chi connectivity index (χ0v) is 14.0. The third kappa shape index (κ3) is 2.87. The van der Waals surface area contributed by atoms with Gasteiger partial charge in [-0.15, -0.1) is 0 Å². The molecule has 2 aromatic carbocycles. The largest absolute Gasteiger partial charge is 0.493 e. The van der Waals surface area contributed by atoms with Crippen LogP contribution in [0, 0.1) is 13.8 Å². The summed E-state index contributed by atoms with van der Waals surface area (Å²) in [6.45, 7) is 8.16. The number of aromatic hydroxyl groups is 1. The van der Waals surface area contributed by atoms with E-state index in [1.807, 2.05) is 38.1 Å². The second-order valence-corrected chi connectivity index (χ2v) is 6.32. The van der Waals surface area contributed by atoms with Gasteiger partial charge in [-0.25, -0.2) is 4.68 Å². The van der Waals surface area contributed by atoms with Crippen molar-refractivity contribution in [1.82, 2.24) is 9.78 Å². The van der Waals surface area contributed by atoms with E-state index in [1.165, 1.54) is 11.1 Å². The number of nitrogens with zero attached hydrogens (tertiary/aromatic N) is 2. The van der Waals surface area contributed by atoms with Crippen LogP contribution < -0.4 is 0 Å². The normalized spacial score (nSPS) is 11.2. The summed E-state index contributed by atoms with van der Waals surface area (Å²) in [5.41, 5.74) is 6.00. The smallest absolute Gasteiger partial charge is 0.218 e. The Labute approximate surface area is 137 Å². The number of aryl methyl sites for hydroxylation is 2. The lowest BCUT2D eigenvalue weighted by Gasteiger charge is -2.07. The molecule has 118 valence electrons. The highest BCUT2D eigenvalue weighted by Gasteiger charge is 2.21. The predicted molar refractivity (Wildman–Crippen MR) is 94.6 cm³/mol. The molecular formula is C20H22N2O. The summed E-state index contributed by atoms with van der Waals surface area (Å²) in [5.74, 6) is 0.223. The highest BCUT2D eigenvalue weighted by atomic mass is 16.3. The SMILES string of the molecule is Cc1ccc(-c2c(-c3cccc(C)c3)nn(C(C)C)c2O)cc1. The summed E-state index contributed by atoms with van der Waals surface area (Å²) in [4.78, 5) is 0. The minimum absolute atomic E-state index is 0.0951. The predicted octanol–water partition coefficient (Wildman–Crippen LogP) is 5.12. The van der Waals surface area contributed by atoms with Crippen LogP contribution in [0.25, 0.3) is 22.4 Å². The Morgan fingerprint density at radius 1 is 0.913 bits per heavy atom. The molecule has 0 spiro atoms. The van der Waals surface area contributed by atoms with Crippen LogP contribution in [0.3, 0.4) is 0 Å². The van der Waals surface area contributed by atoms with E-state index in [0.717, 1.165) is 22.4 Å². The monoisotopic (exact) mass is 306 g/mol. The van der Waals surface area contributed by atoms with E-state index < -0.39 is 0 Å². The molecule has 0 saturated carbocycles. The first-order valence-corrected chi connectivity index (χ1v) is 7.93. The van der Waals surface area contributed by atoms with Gasteiger partial charge in [-0.1, -0.05) is 53.6 Å². The highest BCUT2D eigenvalue weighted by Crippen LogP contribution is 2.39. The minimum Gasteiger partial charge on any atom is -0.493 e. The van der Waals surface area contributed by atoms with E-state index in [0.29, 0.717) is 0 Å². The fraction of sp³-hybridized carbons (Fsp3) is 0.250. The maximum Gasteiger partial charge on any atom is 0.218 e. The maximum absolute atomic E-state index is 10.7. The Morgan fingerprint density at radius 3 is 2.22 bits per heavy atom. The zero-order valence-electron chi connectivity index (χ0n) is 14.0. The van der Waals surface area contributed by atoms with Crippen molar-refractivity contribution < 1.29 is 5.11 Å². The molecule has 23 heavy (non-hydrogen) atoms. The van der Waals surface area contributed by atoms with Crippen molar-refractivity contribution in [3.8, 4) is 28.3 Å². The Kier molecular flexibility index (Phi) is 3.95. The summed E-state index contributed by atoms with van der Waals surface area (Å²) in [7, 11) is 0. The van der Waals surface area contributed by atoms with Crippen molar-refractivity contribution in [2.24, 2.45) is 0 Å². The Bertz CT molecular complexity index is 829. The van der Waals surface area contributed by atoms with Gasteiger partial charge in [0, 0.05) is 5.56 Å². The summed E-state index contributed by atoms with van der Waals surface area (Å²) in [5, 5.41) is 15.4. The zero-order chi connectivity index (χ0) is 16.6. The van der Waals surface area contributed by atoms with Crippen molar-refractivity contribution in [2.75, 3.05) is 0 Å². The quantitative estimate of drug-likeness (QED) is 0.729. The number of hydrogen-bond acceptors (Lipinski definition) is 2. The summed E-state index contributed by atoms with van der Waals surface area (Å²) in [6.07, 6.45) is 0. The van der Waals surface area contributed by atoms with Gasteiger partial charge in [0.25, 0.3) is 0 Å². The lowest BCUT2D eigenvalue weighted by atomic mass is 9.99. The van der Waals surface area contributed by atoms with Crippen molar-refractivity contribution >= 4 is 0 Å². The molecule has 3 rings (SSSR count). The van der Waals surface area contributed by atoms with Gasteiger partial charge in [-0.2, -0.15) is 5.10 Å². The molecule has 0 bridgehead atoms. The fourth-order valence-electron chi connectivity index (χ4n) is 2.77. The molecule has 0 saturated heterocycles. The van der Waals surface area contributed by atoms with Crippen LogP contribution in [0.5, 0.6) is 5.88 Å². The minimum atomic E-state index is 0.0951. The molecule has 3 heteroatoms. The summed E-state index contributed by atoms with van der Waals surface area (Å²) < 4.78 is 1.69. The highest BCUT2D eigenvalue weighted by molar-refractivity contribution is 5.84. The summed E-state index contributed by atoms with van der Waals surface area (Å²) >= 11 is 0. The third-order valence-corrected chi connectivity index (χ3v) is 4.01. The molecule has 0 amide bonds.